The number of nitrogens with one attached hydrogen (secondary N) is 1. The van der Waals surface area contributed by atoms with Gasteiger partial charge in [-0.2, -0.15) is 0 Å². The number of hydrogen-bond donors (Lipinski definition) is 2. The highest BCUT2D eigenvalue weighted by Gasteiger charge is 2.23. The van der Waals surface area contributed by atoms with E-state index in [0.29, 0.717) is 0 Å². The average Bonchev–Trinajstić information content (AvgIpc) is 2.61. The molecule has 0 saturated carbocycles. The van der Waals surface area contributed by atoms with Gasteiger partial charge in [0.2, 0.25) is 5.91 Å². The van der Waals surface area contributed by atoms with Crippen LogP contribution in [0.15, 0.2) is 48.5 Å². The number of nitro groups is 1. The highest BCUT2D eigenvalue weighted by Crippen LogP contribution is 2.30. The van der Waals surface area contributed by atoms with Crippen LogP contribution in [-0.4, -0.2) is 21.9 Å². The predicted octanol–water partition coefficient (Wildman–Crippen LogP) is 4.07. The molecule has 0 fully saturated rings. The number of carboxylic acids is 1. The Balaban J connectivity index is 2.19. The molecule has 0 unspecified atom stereocenters. The van der Waals surface area contributed by atoms with E-state index in [-0.39, 0.29) is 34.5 Å². The second-order valence-corrected chi connectivity index (χ2v) is 6.60. The smallest absolute Gasteiger partial charge is 0.305 e. The standard InChI is InChI=1S/C19H19ClN2O5/c1-12(13-5-3-2-4-6-13)9-18(23)21-17(11-19(24)25)15-10-14(22(26)27)7-8-16(15)20/h2-8,10,12,17H,9,11H2,1H3,(H,21,23)(H,24,25)/t12-,17-/m1/s1. The number of nitro benzene ring substituents is 1. The van der Waals surface area contributed by atoms with Gasteiger partial charge in [0, 0.05) is 29.1 Å². The zero-order valence-corrected chi connectivity index (χ0v) is 15.3. The Labute approximate surface area is 161 Å². The maximum atomic E-state index is 12.4. The minimum absolute atomic E-state index is 0.0720. The minimum Gasteiger partial charge on any atom is -0.481 e. The van der Waals surface area contributed by atoms with E-state index in [1.807, 2.05) is 37.3 Å². The fourth-order valence-corrected chi connectivity index (χ4v) is 3.01. The minimum atomic E-state index is -1.15. The largest absolute Gasteiger partial charge is 0.481 e. The quantitative estimate of drug-likeness (QED) is 0.521. The van der Waals surface area contributed by atoms with Gasteiger partial charge in [0.15, 0.2) is 0 Å². The van der Waals surface area contributed by atoms with Crippen molar-refractivity contribution < 1.29 is 19.6 Å². The molecule has 2 aromatic carbocycles. The van der Waals surface area contributed by atoms with Gasteiger partial charge in [-0.3, -0.25) is 19.7 Å². The first-order valence-electron chi connectivity index (χ1n) is 8.28. The van der Waals surface area contributed by atoms with Crippen LogP contribution in [0.4, 0.5) is 5.69 Å². The van der Waals surface area contributed by atoms with Gasteiger partial charge < -0.3 is 10.4 Å². The van der Waals surface area contributed by atoms with Crippen LogP contribution in [0.3, 0.4) is 0 Å². The van der Waals surface area contributed by atoms with Crippen LogP contribution in [-0.2, 0) is 9.59 Å². The number of nitrogens with zero attached hydrogens (tertiary/aromatic N) is 1. The topological polar surface area (TPSA) is 110 Å². The molecule has 142 valence electrons. The summed E-state index contributed by atoms with van der Waals surface area (Å²) in [6.45, 7) is 1.89. The molecule has 0 aliphatic rings. The number of non-ortho nitro benzene ring substituents is 1. The van der Waals surface area contributed by atoms with E-state index in [4.69, 9.17) is 16.7 Å². The van der Waals surface area contributed by atoms with E-state index in [1.165, 1.54) is 18.2 Å². The molecule has 0 radical (unpaired) electrons. The molecule has 0 saturated heterocycles. The molecule has 2 atom stereocenters. The van der Waals surface area contributed by atoms with Crippen molar-refractivity contribution in [2.45, 2.75) is 31.7 Å². The number of benzene rings is 2. The summed E-state index contributed by atoms with van der Waals surface area (Å²) in [4.78, 5) is 34.0. The lowest BCUT2D eigenvalue weighted by molar-refractivity contribution is -0.384. The summed E-state index contributed by atoms with van der Waals surface area (Å²) < 4.78 is 0. The molecule has 8 heteroatoms. The monoisotopic (exact) mass is 390 g/mol. The van der Waals surface area contributed by atoms with Gasteiger partial charge in [-0.25, -0.2) is 0 Å². The molecule has 0 aliphatic carbocycles. The lowest BCUT2D eigenvalue weighted by Crippen LogP contribution is -2.31. The number of hydrogen-bond acceptors (Lipinski definition) is 4. The zero-order chi connectivity index (χ0) is 20.0. The van der Waals surface area contributed by atoms with Gasteiger partial charge in [0.1, 0.15) is 0 Å². The molecule has 1 amide bonds. The molecule has 2 N–H and O–H groups in total. The normalized spacial score (nSPS) is 12.8. The fourth-order valence-electron chi connectivity index (χ4n) is 2.76. The predicted molar refractivity (Wildman–Crippen MR) is 101 cm³/mol. The van der Waals surface area contributed by atoms with Gasteiger partial charge in [0.05, 0.1) is 17.4 Å². The molecular formula is C19H19ClN2O5. The van der Waals surface area contributed by atoms with E-state index >= 15 is 0 Å². The molecule has 0 aliphatic heterocycles. The second kappa shape index (κ2) is 9.14. The van der Waals surface area contributed by atoms with Crippen LogP contribution in [0.25, 0.3) is 0 Å². The molecule has 0 spiro atoms. The van der Waals surface area contributed by atoms with E-state index in [9.17, 15) is 19.7 Å². The van der Waals surface area contributed by atoms with E-state index < -0.39 is 23.4 Å². The van der Waals surface area contributed by atoms with Crippen molar-refractivity contribution in [3.8, 4) is 0 Å². The molecule has 27 heavy (non-hydrogen) atoms. The Morgan fingerprint density at radius 1 is 1.19 bits per heavy atom. The first-order valence-corrected chi connectivity index (χ1v) is 8.65. The summed E-state index contributed by atoms with van der Waals surface area (Å²) in [6.07, 6.45) is -0.293. The van der Waals surface area contributed by atoms with Gasteiger partial charge >= 0.3 is 5.97 Å². The third kappa shape index (κ3) is 5.79. The molecule has 0 heterocycles. The van der Waals surface area contributed by atoms with Crippen molar-refractivity contribution in [2.24, 2.45) is 0 Å². The second-order valence-electron chi connectivity index (χ2n) is 6.20. The number of rotatable bonds is 8. The summed E-state index contributed by atoms with van der Waals surface area (Å²) in [5, 5.41) is 23.0. The first kappa shape index (κ1) is 20.4. The Kier molecular flexibility index (Phi) is 6.90. The van der Waals surface area contributed by atoms with Crippen LogP contribution < -0.4 is 5.32 Å². The molecule has 2 rings (SSSR count). The molecule has 0 aromatic heterocycles. The number of carboxylic acid groups (broad SMARTS) is 1. The van der Waals surface area contributed by atoms with Crippen LogP contribution in [0.2, 0.25) is 5.02 Å². The number of halogens is 1. The van der Waals surface area contributed by atoms with Crippen molar-refractivity contribution in [3.63, 3.8) is 0 Å². The maximum absolute atomic E-state index is 12.4. The summed E-state index contributed by atoms with van der Waals surface area (Å²) in [6, 6.07) is 12.2. The zero-order valence-electron chi connectivity index (χ0n) is 14.6. The third-order valence-electron chi connectivity index (χ3n) is 4.14. The number of amides is 1. The Bertz CT molecular complexity index is 841. The summed E-state index contributed by atoms with van der Waals surface area (Å²) in [5.74, 6) is -1.59. The summed E-state index contributed by atoms with van der Waals surface area (Å²) >= 11 is 6.10. The number of carbonyl (C=O) groups excluding carboxylic acids is 1. The van der Waals surface area contributed by atoms with Crippen LogP contribution in [0.5, 0.6) is 0 Å². The highest BCUT2D eigenvalue weighted by molar-refractivity contribution is 6.31. The van der Waals surface area contributed by atoms with Crippen LogP contribution in [0, 0.1) is 10.1 Å². The van der Waals surface area contributed by atoms with E-state index in [2.05, 4.69) is 5.32 Å². The molecular weight excluding hydrogens is 372 g/mol. The maximum Gasteiger partial charge on any atom is 0.305 e. The van der Waals surface area contributed by atoms with Crippen LogP contribution >= 0.6 is 11.6 Å². The number of carbonyl (C=O) groups is 2. The van der Waals surface area contributed by atoms with E-state index in [0.717, 1.165) is 5.56 Å². The third-order valence-corrected chi connectivity index (χ3v) is 4.48. The Morgan fingerprint density at radius 3 is 2.44 bits per heavy atom. The molecule has 2 aromatic rings. The first-order chi connectivity index (χ1) is 12.8. The van der Waals surface area contributed by atoms with Crippen LogP contribution in [0.1, 0.15) is 42.9 Å². The molecule has 0 bridgehead atoms. The summed E-state index contributed by atoms with van der Waals surface area (Å²) in [5.41, 5.74) is 0.960. The Hall–Kier alpha value is -2.93. The molecule has 7 nitrogen and oxygen atoms in total. The average molecular weight is 391 g/mol. The van der Waals surface area contributed by atoms with Gasteiger partial charge in [-0.15, -0.1) is 0 Å². The lowest BCUT2D eigenvalue weighted by atomic mass is 9.96. The van der Waals surface area contributed by atoms with Gasteiger partial charge in [-0.1, -0.05) is 48.9 Å². The van der Waals surface area contributed by atoms with Gasteiger partial charge in [0.25, 0.3) is 5.69 Å². The van der Waals surface area contributed by atoms with Crippen molar-refractivity contribution in [3.05, 3.63) is 74.8 Å². The Morgan fingerprint density at radius 2 is 1.85 bits per heavy atom. The highest BCUT2D eigenvalue weighted by atomic mass is 35.5. The lowest BCUT2D eigenvalue weighted by Gasteiger charge is -2.20. The van der Waals surface area contributed by atoms with Crippen molar-refractivity contribution in [1.29, 1.82) is 0 Å². The SMILES string of the molecule is C[C@H](CC(=O)N[C@H](CC(=O)O)c1cc([N+](=O)[O-])ccc1Cl)c1ccccc1. The van der Waals surface area contributed by atoms with Gasteiger partial charge in [-0.05, 0) is 17.5 Å². The van der Waals surface area contributed by atoms with Crippen molar-refractivity contribution in [2.75, 3.05) is 0 Å². The van der Waals surface area contributed by atoms with Crippen molar-refractivity contribution in [1.82, 2.24) is 5.32 Å². The fraction of sp³-hybridized carbons (Fsp3) is 0.263. The van der Waals surface area contributed by atoms with E-state index in [1.54, 1.807) is 0 Å². The summed E-state index contributed by atoms with van der Waals surface area (Å²) in [7, 11) is 0. The van der Waals surface area contributed by atoms with Crippen molar-refractivity contribution >= 4 is 29.2 Å². The number of aliphatic carboxylic acids is 1.